The Hall–Kier alpha value is -2.58. The molecule has 1 amide bonds. The lowest BCUT2D eigenvalue weighted by Crippen LogP contribution is -2.39. The molecule has 8 heteroatoms. The molecule has 0 aliphatic carbocycles. The quantitative estimate of drug-likeness (QED) is 0.828. The van der Waals surface area contributed by atoms with E-state index in [-0.39, 0.29) is 5.56 Å². The molecule has 0 bridgehead atoms. The molecule has 1 aliphatic heterocycles. The largest absolute Gasteiger partial charge is 0.379 e. The number of carbonyl (C=O) groups is 1. The topological polar surface area (TPSA) is 79.4 Å². The number of nitrogens with one attached hydrogen (secondary N) is 2. The molecule has 7 nitrogen and oxygen atoms in total. The first kappa shape index (κ1) is 17.2. The fraction of sp³-hybridized carbons (Fsp3) is 0.353. The summed E-state index contributed by atoms with van der Waals surface area (Å²) in [4.78, 5) is 14.3. The van der Waals surface area contributed by atoms with Crippen LogP contribution in [0.1, 0.15) is 10.4 Å². The fourth-order valence-electron chi connectivity index (χ4n) is 2.48. The Kier molecular flexibility index (Phi) is 5.86. The number of rotatable bonds is 6. The average Bonchev–Trinajstić information content (AvgIpc) is 2.64. The number of halogens is 1. The van der Waals surface area contributed by atoms with Gasteiger partial charge in [-0.15, -0.1) is 10.2 Å². The number of morpholine rings is 1. The van der Waals surface area contributed by atoms with Gasteiger partial charge in [-0.1, -0.05) is 6.07 Å². The predicted octanol–water partition coefficient (Wildman–Crippen LogP) is 1.61. The molecule has 1 aromatic heterocycles. The van der Waals surface area contributed by atoms with Crippen molar-refractivity contribution in [2.45, 2.75) is 0 Å². The van der Waals surface area contributed by atoms with Gasteiger partial charge < -0.3 is 15.4 Å². The third-order valence-corrected chi connectivity index (χ3v) is 3.83. The van der Waals surface area contributed by atoms with Crippen molar-refractivity contribution in [2.75, 3.05) is 50.0 Å². The van der Waals surface area contributed by atoms with E-state index in [0.29, 0.717) is 11.6 Å². The normalized spacial score (nSPS) is 14.9. The molecule has 1 fully saturated rings. The summed E-state index contributed by atoms with van der Waals surface area (Å²) >= 11 is 0. The molecule has 1 saturated heterocycles. The van der Waals surface area contributed by atoms with Crippen LogP contribution in [0.15, 0.2) is 36.4 Å². The number of ether oxygens (including phenoxy) is 1. The molecule has 2 heterocycles. The SMILES string of the molecule is O=C(Nc1ccc(NCCN2CCOCC2)nn1)c1cccc(F)c1. The first-order valence-corrected chi connectivity index (χ1v) is 8.15. The van der Waals surface area contributed by atoms with Crippen molar-refractivity contribution in [1.82, 2.24) is 15.1 Å². The molecule has 1 aromatic carbocycles. The summed E-state index contributed by atoms with van der Waals surface area (Å²) in [6, 6.07) is 8.87. The number of hydrogen-bond donors (Lipinski definition) is 2. The number of nitrogens with zero attached hydrogens (tertiary/aromatic N) is 3. The fourth-order valence-corrected chi connectivity index (χ4v) is 2.48. The van der Waals surface area contributed by atoms with Crippen LogP contribution in [0.3, 0.4) is 0 Å². The van der Waals surface area contributed by atoms with Gasteiger partial charge in [0.05, 0.1) is 13.2 Å². The van der Waals surface area contributed by atoms with Crippen molar-refractivity contribution in [3.8, 4) is 0 Å². The summed E-state index contributed by atoms with van der Waals surface area (Å²) in [5.41, 5.74) is 0.231. The molecule has 0 spiro atoms. The minimum absolute atomic E-state index is 0.231. The van der Waals surface area contributed by atoms with Crippen LogP contribution < -0.4 is 10.6 Å². The lowest BCUT2D eigenvalue weighted by atomic mass is 10.2. The molecule has 0 radical (unpaired) electrons. The molecule has 0 atom stereocenters. The third-order valence-electron chi connectivity index (χ3n) is 3.83. The highest BCUT2D eigenvalue weighted by molar-refractivity contribution is 6.03. The second kappa shape index (κ2) is 8.50. The van der Waals surface area contributed by atoms with Crippen LogP contribution in [0.2, 0.25) is 0 Å². The monoisotopic (exact) mass is 345 g/mol. The van der Waals surface area contributed by atoms with Crippen LogP contribution >= 0.6 is 0 Å². The van der Waals surface area contributed by atoms with E-state index >= 15 is 0 Å². The zero-order valence-corrected chi connectivity index (χ0v) is 13.7. The van der Waals surface area contributed by atoms with Gasteiger partial charge in [-0.3, -0.25) is 9.69 Å². The molecule has 2 aromatic rings. The van der Waals surface area contributed by atoms with E-state index < -0.39 is 11.7 Å². The minimum atomic E-state index is -0.460. The Morgan fingerprint density at radius 1 is 1.16 bits per heavy atom. The molecule has 2 N–H and O–H groups in total. The van der Waals surface area contributed by atoms with E-state index in [0.717, 1.165) is 39.4 Å². The van der Waals surface area contributed by atoms with E-state index in [1.165, 1.54) is 24.3 Å². The van der Waals surface area contributed by atoms with Crippen LogP contribution in [0, 0.1) is 5.82 Å². The first-order chi connectivity index (χ1) is 12.2. The lowest BCUT2D eigenvalue weighted by Gasteiger charge is -2.26. The van der Waals surface area contributed by atoms with Gasteiger partial charge in [-0.05, 0) is 30.3 Å². The molecule has 25 heavy (non-hydrogen) atoms. The third kappa shape index (κ3) is 5.20. The van der Waals surface area contributed by atoms with Crippen LogP contribution in [-0.2, 0) is 4.74 Å². The van der Waals surface area contributed by atoms with E-state index in [1.54, 1.807) is 12.1 Å². The lowest BCUT2D eigenvalue weighted by molar-refractivity contribution is 0.0398. The van der Waals surface area contributed by atoms with Gasteiger partial charge >= 0.3 is 0 Å². The summed E-state index contributed by atoms with van der Waals surface area (Å²) in [6.07, 6.45) is 0. The van der Waals surface area contributed by atoms with Crippen molar-refractivity contribution < 1.29 is 13.9 Å². The van der Waals surface area contributed by atoms with Gasteiger partial charge in [0.2, 0.25) is 0 Å². The Balaban J connectivity index is 1.47. The number of aromatic nitrogens is 2. The maximum atomic E-state index is 13.1. The summed E-state index contributed by atoms with van der Waals surface area (Å²) in [5.74, 6) is 0.0605. The first-order valence-electron chi connectivity index (χ1n) is 8.15. The van der Waals surface area contributed by atoms with E-state index in [2.05, 4.69) is 25.7 Å². The van der Waals surface area contributed by atoms with Gasteiger partial charge in [-0.25, -0.2) is 4.39 Å². The smallest absolute Gasteiger partial charge is 0.256 e. The highest BCUT2D eigenvalue weighted by Crippen LogP contribution is 2.09. The summed E-state index contributed by atoms with van der Waals surface area (Å²) in [6.45, 7) is 5.10. The van der Waals surface area contributed by atoms with Gasteiger partial charge in [-0.2, -0.15) is 0 Å². The standard InChI is InChI=1S/C17H20FN5O2/c18-14-3-1-2-13(12-14)17(24)20-16-5-4-15(21-22-16)19-6-7-23-8-10-25-11-9-23/h1-5,12H,6-11H2,(H,19,21)(H,20,22,24). The maximum absolute atomic E-state index is 13.1. The molecule has 1 aliphatic rings. The van der Waals surface area contributed by atoms with Crippen LogP contribution in [0.25, 0.3) is 0 Å². The van der Waals surface area contributed by atoms with Crippen LogP contribution in [0.5, 0.6) is 0 Å². The Morgan fingerprint density at radius 2 is 1.92 bits per heavy atom. The average molecular weight is 345 g/mol. The van der Waals surface area contributed by atoms with E-state index in [1.807, 2.05) is 0 Å². The van der Waals surface area contributed by atoms with E-state index in [9.17, 15) is 9.18 Å². The Bertz CT molecular complexity index is 704. The second-order valence-electron chi connectivity index (χ2n) is 5.65. The van der Waals surface area contributed by atoms with Crippen LogP contribution in [-0.4, -0.2) is 60.4 Å². The zero-order valence-electron chi connectivity index (χ0n) is 13.7. The molecule has 0 saturated carbocycles. The summed E-state index contributed by atoms with van der Waals surface area (Å²) < 4.78 is 18.5. The predicted molar refractivity (Wildman–Crippen MR) is 92.1 cm³/mol. The number of hydrogen-bond acceptors (Lipinski definition) is 6. The number of benzene rings is 1. The van der Waals surface area contributed by atoms with Crippen molar-refractivity contribution in [1.29, 1.82) is 0 Å². The molecule has 0 unspecified atom stereocenters. The van der Waals surface area contributed by atoms with Crippen LogP contribution in [0.4, 0.5) is 16.0 Å². The Labute approximate surface area is 145 Å². The minimum Gasteiger partial charge on any atom is -0.379 e. The van der Waals surface area contributed by atoms with Crippen molar-refractivity contribution in [2.24, 2.45) is 0 Å². The number of anilines is 2. The maximum Gasteiger partial charge on any atom is 0.256 e. The summed E-state index contributed by atoms with van der Waals surface area (Å²) in [7, 11) is 0. The molecule has 3 rings (SSSR count). The van der Waals surface area contributed by atoms with Gasteiger partial charge in [0, 0.05) is 31.7 Å². The summed E-state index contributed by atoms with van der Waals surface area (Å²) in [5, 5.41) is 13.8. The molecular formula is C17H20FN5O2. The highest BCUT2D eigenvalue weighted by atomic mass is 19.1. The van der Waals surface area contributed by atoms with Crippen molar-refractivity contribution in [3.63, 3.8) is 0 Å². The van der Waals surface area contributed by atoms with Gasteiger partial charge in [0.25, 0.3) is 5.91 Å². The second-order valence-corrected chi connectivity index (χ2v) is 5.65. The van der Waals surface area contributed by atoms with Crippen molar-refractivity contribution >= 4 is 17.5 Å². The number of amides is 1. The Morgan fingerprint density at radius 3 is 2.64 bits per heavy atom. The molecular weight excluding hydrogens is 325 g/mol. The van der Waals surface area contributed by atoms with Gasteiger partial charge in [0.15, 0.2) is 5.82 Å². The van der Waals surface area contributed by atoms with Gasteiger partial charge in [0.1, 0.15) is 11.6 Å². The highest BCUT2D eigenvalue weighted by Gasteiger charge is 2.10. The molecule has 132 valence electrons. The number of carbonyl (C=O) groups excluding carboxylic acids is 1. The van der Waals surface area contributed by atoms with E-state index in [4.69, 9.17) is 4.74 Å². The zero-order chi connectivity index (χ0) is 17.5. The van der Waals surface area contributed by atoms with Crippen molar-refractivity contribution in [3.05, 3.63) is 47.8 Å².